The van der Waals surface area contributed by atoms with Crippen molar-refractivity contribution >= 4 is 12.1 Å². The average Bonchev–Trinajstić information content (AvgIpc) is 2.79. The summed E-state index contributed by atoms with van der Waals surface area (Å²) in [6, 6.07) is 0.0910. The van der Waals surface area contributed by atoms with Crippen LogP contribution in [0.15, 0.2) is 54.2 Å². The third-order valence-corrected chi connectivity index (χ3v) is 4.58. The van der Waals surface area contributed by atoms with Gasteiger partial charge in [-0.15, -0.1) is 6.58 Å². The second kappa shape index (κ2) is 21.1. The smallest absolute Gasteiger partial charge is 0.239 e. The Morgan fingerprint density at radius 3 is 2.32 bits per heavy atom. The lowest BCUT2D eigenvalue weighted by atomic mass is 10.0. The summed E-state index contributed by atoms with van der Waals surface area (Å²) in [5, 5.41) is 0. The van der Waals surface area contributed by atoms with E-state index in [0.717, 1.165) is 57.6 Å². The van der Waals surface area contributed by atoms with E-state index in [9.17, 15) is 4.79 Å². The van der Waals surface area contributed by atoms with E-state index in [1.807, 2.05) is 57.0 Å². The van der Waals surface area contributed by atoms with E-state index in [1.54, 1.807) is 13.0 Å². The number of piperidine rings is 1. The van der Waals surface area contributed by atoms with Crippen LogP contribution in [-0.2, 0) is 4.79 Å². The van der Waals surface area contributed by atoms with Crippen LogP contribution in [0, 0.1) is 0 Å². The second-order valence-electron chi connectivity index (χ2n) is 7.24. The van der Waals surface area contributed by atoms with E-state index < -0.39 is 6.04 Å². The van der Waals surface area contributed by atoms with Crippen molar-refractivity contribution in [3.8, 4) is 0 Å². The molecule has 1 fully saturated rings. The highest BCUT2D eigenvalue weighted by atomic mass is 16.2. The monoisotopic (exact) mass is 433 g/mol. The molecule has 1 aliphatic rings. The predicted octanol–water partition coefficient (Wildman–Crippen LogP) is 3.91. The van der Waals surface area contributed by atoms with Crippen LogP contribution in [0.25, 0.3) is 0 Å². The van der Waals surface area contributed by atoms with Gasteiger partial charge in [0.15, 0.2) is 0 Å². The quantitative estimate of drug-likeness (QED) is 0.311. The van der Waals surface area contributed by atoms with Gasteiger partial charge in [0.05, 0.1) is 12.6 Å². The van der Waals surface area contributed by atoms with Crippen LogP contribution in [0.2, 0.25) is 0 Å². The molecule has 4 N–H and O–H groups in total. The molecular formula is C25H47N5O. The molecule has 178 valence electrons. The van der Waals surface area contributed by atoms with Crippen molar-refractivity contribution in [2.75, 3.05) is 32.7 Å². The summed E-state index contributed by atoms with van der Waals surface area (Å²) in [5.74, 6) is 0.0602. The lowest BCUT2D eigenvalue weighted by Crippen LogP contribution is -2.50. The molecule has 0 aromatic rings. The van der Waals surface area contributed by atoms with E-state index in [0.29, 0.717) is 6.04 Å². The molecule has 6 heteroatoms. The molecule has 31 heavy (non-hydrogen) atoms. The van der Waals surface area contributed by atoms with Crippen LogP contribution in [0.5, 0.6) is 0 Å². The van der Waals surface area contributed by atoms with Gasteiger partial charge in [0, 0.05) is 38.4 Å². The van der Waals surface area contributed by atoms with Gasteiger partial charge < -0.3 is 16.4 Å². The van der Waals surface area contributed by atoms with E-state index in [1.165, 1.54) is 6.20 Å². The number of hydrogen-bond acceptors (Lipinski definition) is 5. The third-order valence-electron chi connectivity index (χ3n) is 4.58. The summed E-state index contributed by atoms with van der Waals surface area (Å²) < 4.78 is 0. The third kappa shape index (κ3) is 16.2. The molecule has 0 radical (unpaired) electrons. The molecule has 1 atom stereocenters. The van der Waals surface area contributed by atoms with Crippen LogP contribution < -0.4 is 11.5 Å². The zero-order valence-electron chi connectivity index (χ0n) is 20.6. The highest BCUT2D eigenvalue weighted by Gasteiger charge is 2.27. The molecule has 1 saturated heterocycles. The number of allylic oxidation sites excluding steroid dienone is 4. The summed E-state index contributed by atoms with van der Waals surface area (Å²) >= 11 is 0. The van der Waals surface area contributed by atoms with Gasteiger partial charge in [0.1, 0.15) is 0 Å². The fourth-order valence-corrected chi connectivity index (χ4v) is 3.00. The topological polar surface area (TPSA) is 88.0 Å². The molecule has 0 bridgehead atoms. The standard InChI is InChI=1S/C20H34N4O.C3H7N.C2H6/c1-5-6-13-23(16-12-22-11-7-8-17(2)3)19-9-14-24(15-10-19)20(25)18(4)21;1-2-3-4;1-2/h5,7-8,11,18-19H,1-2,6,9-10,12-16,21H2,3-4H3;2-3H,4H2,1H3;1-2H3/b8-7-,22-11?;3-2-;/t18-;;/m0../s1. The molecule has 0 unspecified atom stereocenters. The maximum Gasteiger partial charge on any atom is 0.239 e. The molecule has 0 aromatic carbocycles. The highest BCUT2D eigenvalue weighted by Crippen LogP contribution is 2.17. The molecule has 0 aromatic heterocycles. The zero-order valence-corrected chi connectivity index (χ0v) is 20.6. The Bertz CT molecular complexity index is 554. The summed E-state index contributed by atoms with van der Waals surface area (Å²) in [5.41, 5.74) is 11.6. The van der Waals surface area contributed by atoms with Crippen molar-refractivity contribution in [2.45, 2.75) is 66.0 Å². The zero-order chi connectivity index (χ0) is 24.1. The Hall–Kier alpha value is -2.18. The number of nitrogens with two attached hydrogens (primary N) is 2. The van der Waals surface area contributed by atoms with E-state index in [2.05, 4.69) is 23.1 Å². The number of likely N-dealkylation sites (tertiary alicyclic amines) is 1. The van der Waals surface area contributed by atoms with E-state index in [-0.39, 0.29) is 5.91 Å². The normalized spacial score (nSPS) is 15.5. The molecule has 6 nitrogen and oxygen atoms in total. The summed E-state index contributed by atoms with van der Waals surface area (Å²) in [4.78, 5) is 20.8. The Balaban J connectivity index is 0. The average molecular weight is 434 g/mol. The number of hydrogen-bond donors (Lipinski definition) is 2. The molecule has 1 heterocycles. The number of carbonyl (C=O) groups is 1. The SMILES string of the molecule is C/C=C\N.C=CCCN(CCN=C/C=C\C(=C)C)C1CCN(C(=O)[C@H](C)N)CC1.CC. The van der Waals surface area contributed by atoms with Gasteiger partial charge in [-0.1, -0.05) is 44.2 Å². The first-order chi connectivity index (χ1) is 14.9. The summed E-state index contributed by atoms with van der Waals surface area (Å²) in [7, 11) is 0. The highest BCUT2D eigenvalue weighted by molar-refractivity contribution is 5.81. The maximum atomic E-state index is 12.0. The Morgan fingerprint density at radius 1 is 1.29 bits per heavy atom. The van der Waals surface area contributed by atoms with Crippen LogP contribution in [0.4, 0.5) is 0 Å². The molecule has 0 spiro atoms. The first-order valence-electron chi connectivity index (χ1n) is 11.4. The van der Waals surface area contributed by atoms with E-state index in [4.69, 9.17) is 11.5 Å². The van der Waals surface area contributed by atoms with Gasteiger partial charge in [-0.3, -0.25) is 14.7 Å². The molecule has 0 aliphatic carbocycles. The van der Waals surface area contributed by atoms with Crippen LogP contribution >= 0.6 is 0 Å². The summed E-state index contributed by atoms with van der Waals surface area (Å²) in [6.45, 7) is 21.5. The van der Waals surface area contributed by atoms with Crippen molar-refractivity contribution in [3.63, 3.8) is 0 Å². The minimum Gasteiger partial charge on any atom is -0.405 e. The maximum absolute atomic E-state index is 12.0. The lowest BCUT2D eigenvalue weighted by molar-refractivity contribution is -0.133. The predicted molar refractivity (Wildman–Crippen MR) is 137 cm³/mol. The number of carbonyl (C=O) groups excluding carboxylic acids is 1. The van der Waals surface area contributed by atoms with Crippen molar-refractivity contribution in [1.82, 2.24) is 9.80 Å². The molecule has 1 amide bonds. The van der Waals surface area contributed by atoms with Crippen LogP contribution in [0.1, 0.15) is 53.9 Å². The van der Waals surface area contributed by atoms with Gasteiger partial charge in [-0.2, -0.15) is 0 Å². The number of nitrogens with zero attached hydrogens (tertiary/aromatic N) is 3. The minimum atomic E-state index is -0.407. The molecular weight excluding hydrogens is 386 g/mol. The Morgan fingerprint density at radius 2 is 1.87 bits per heavy atom. The second-order valence-corrected chi connectivity index (χ2v) is 7.24. The van der Waals surface area contributed by atoms with Crippen LogP contribution in [-0.4, -0.2) is 66.7 Å². The number of aliphatic imine (C=N–C) groups is 1. The minimum absolute atomic E-state index is 0.0602. The first kappa shape index (κ1) is 31.0. The van der Waals surface area contributed by atoms with Gasteiger partial charge in [0.2, 0.25) is 5.91 Å². The largest absolute Gasteiger partial charge is 0.405 e. The molecule has 1 aliphatic heterocycles. The fraction of sp³-hybridized carbons (Fsp3) is 0.600. The van der Waals surface area contributed by atoms with Crippen molar-refractivity contribution < 1.29 is 4.79 Å². The van der Waals surface area contributed by atoms with Crippen molar-refractivity contribution in [2.24, 2.45) is 16.5 Å². The van der Waals surface area contributed by atoms with Gasteiger partial charge in [-0.05, 0) is 52.3 Å². The fourth-order valence-electron chi connectivity index (χ4n) is 3.00. The lowest BCUT2D eigenvalue weighted by Gasteiger charge is -2.38. The van der Waals surface area contributed by atoms with Crippen LogP contribution in [0.3, 0.4) is 0 Å². The van der Waals surface area contributed by atoms with Crippen molar-refractivity contribution in [3.05, 3.63) is 49.2 Å². The van der Waals surface area contributed by atoms with Crippen molar-refractivity contribution in [1.29, 1.82) is 0 Å². The van der Waals surface area contributed by atoms with Gasteiger partial charge in [-0.25, -0.2) is 0 Å². The van der Waals surface area contributed by atoms with Gasteiger partial charge >= 0.3 is 0 Å². The van der Waals surface area contributed by atoms with E-state index >= 15 is 0 Å². The van der Waals surface area contributed by atoms with Gasteiger partial charge in [0.25, 0.3) is 0 Å². The Kier molecular flexibility index (Phi) is 21.1. The number of amides is 1. The Labute approximate surface area is 191 Å². The molecule has 0 saturated carbocycles. The number of rotatable bonds is 10. The summed E-state index contributed by atoms with van der Waals surface area (Å²) in [6.07, 6.45) is 13.9. The first-order valence-corrected chi connectivity index (χ1v) is 11.4. The molecule has 1 rings (SSSR count).